The van der Waals surface area contributed by atoms with Crippen molar-refractivity contribution < 1.29 is 18.3 Å². The minimum absolute atomic E-state index is 0.0740. The van der Waals surface area contributed by atoms with Crippen LogP contribution in [0.15, 0.2) is 30.3 Å². The van der Waals surface area contributed by atoms with E-state index >= 15 is 0 Å². The van der Waals surface area contributed by atoms with Crippen LogP contribution in [0.2, 0.25) is 5.02 Å². The number of amides is 1. The van der Waals surface area contributed by atoms with Crippen LogP contribution >= 0.6 is 22.9 Å². The quantitative estimate of drug-likeness (QED) is 0.572. The molecule has 2 heterocycles. The normalized spacial score (nSPS) is 14.9. The van der Waals surface area contributed by atoms with Crippen molar-refractivity contribution in [1.29, 1.82) is 0 Å². The molecule has 1 aliphatic heterocycles. The number of fused-ring (bicyclic) bond motifs is 1. The first-order chi connectivity index (χ1) is 14.4. The van der Waals surface area contributed by atoms with E-state index in [0.29, 0.717) is 36.5 Å². The van der Waals surface area contributed by atoms with Gasteiger partial charge in [0.2, 0.25) is 0 Å². The Morgan fingerprint density at radius 2 is 2.00 bits per heavy atom. The number of rotatable bonds is 5. The molecular weight excluding hydrogens is 432 g/mol. The molecule has 158 valence electrons. The number of aryl methyl sites for hydroxylation is 1. The average Bonchev–Trinajstić information content (AvgIpc) is 3.18. The fourth-order valence-electron chi connectivity index (χ4n) is 3.34. The van der Waals surface area contributed by atoms with Gasteiger partial charge in [-0.2, -0.15) is 0 Å². The minimum Gasteiger partial charge on any atom is -0.379 e. The summed E-state index contributed by atoms with van der Waals surface area (Å²) in [6.07, 6.45) is 0. The fraction of sp³-hybridized carbons (Fsp3) is 0.333. The predicted molar refractivity (Wildman–Crippen MR) is 115 cm³/mol. The Bertz CT molecular complexity index is 1090. The van der Waals surface area contributed by atoms with E-state index in [1.807, 2.05) is 13.0 Å². The van der Waals surface area contributed by atoms with Crippen LogP contribution in [-0.4, -0.2) is 55.2 Å². The van der Waals surface area contributed by atoms with Crippen LogP contribution in [0.5, 0.6) is 0 Å². The molecule has 3 aromatic rings. The van der Waals surface area contributed by atoms with Crippen LogP contribution < -0.4 is 4.90 Å². The Kier molecular flexibility index (Phi) is 6.29. The van der Waals surface area contributed by atoms with Crippen molar-refractivity contribution in [3.05, 3.63) is 58.1 Å². The van der Waals surface area contributed by atoms with Crippen molar-refractivity contribution in [1.82, 2.24) is 9.88 Å². The number of carbonyl (C=O) groups excluding carboxylic acids is 1. The molecule has 0 saturated carbocycles. The number of halogens is 3. The van der Waals surface area contributed by atoms with Crippen LogP contribution in [0.1, 0.15) is 15.9 Å². The van der Waals surface area contributed by atoms with Crippen molar-refractivity contribution >= 4 is 44.2 Å². The van der Waals surface area contributed by atoms with E-state index in [1.54, 1.807) is 6.07 Å². The summed E-state index contributed by atoms with van der Waals surface area (Å²) in [7, 11) is 0. The maximum Gasteiger partial charge on any atom is 0.260 e. The SMILES string of the molecule is Cc1c(Cl)ccc2sc(N(CCN3CCOCC3)C(=O)c3ccc(F)c(F)c3)nc12. The molecule has 9 heteroatoms. The molecule has 1 fully saturated rings. The number of aromatic nitrogens is 1. The first-order valence-corrected chi connectivity index (χ1v) is 10.8. The molecule has 0 aliphatic carbocycles. The second-order valence-corrected chi connectivity index (χ2v) is 8.47. The van der Waals surface area contributed by atoms with Crippen LogP contribution in [0, 0.1) is 18.6 Å². The Hall–Kier alpha value is -2.13. The van der Waals surface area contributed by atoms with Gasteiger partial charge in [-0.25, -0.2) is 13.8 Å². The molecule has 0 radical (unpaired) electrons. The summed E-state index contributed by atoms with van der Waals surface area (Å²) in [4.78, 5) is 21.6. The highest BCUT2D eigenvalue weighted by atomic mass is 35.5. The molecule has 0 spiro atoms. The first kappa shape index (κ1) is 21.1. The summed E-state index contributed by atoms with van der Waals surface area (Å²) in [6, 6.07) is 6.85. The van der Waals surface area contributed by atoms with Crippen molar-refractivity contribution in [2.75, 3.05) is 44.3 Å². The zero-order valence-corrected chi connectivity index (χ0v) is 17.9. The minimum atomic E-state index is -1.05. The third kappa shape index (κ3) is 4.32. The fourth-order valence-corrected chi connectivity index (χ4v) is 4.54. The van der Waals surface area contributed by atoms with E-state index < -0.39 is 17.5 Å². The smallest absolute Gasteiger partial charge is 0.260 e. The van der Waals surface area contributed by atoms with Gasteiger partial charge in [0.25, 0.3) is 5.91 Å². The van der Waals surface area contributed by atoms with Crippen molar-refractivity contribution in [3.63, 3.8) is 0 Å². The van der Waals surface area contributed by atoms with Crippen LogP contribution in [0.25, 0.3) is 10.2 Å². The lowest BCUT2D eigenvalue weighted by atomic mass is 10.2. The highest BCUT2D eigenvalue weighted by molar-refractivity contribution is 7.22. The van der Waals surface area contributed by atoms with Gasteiger partial charge < -0.3 is 4.74 Å². The van der Waals surface area contributed by atoms with Gasteiger partial charge in [0.05, 0.1) is 23.4 Å². The molecule has 0 bridgehead atoms. The van der Waals surface area contributed by atoms with E-state index in [1.165, 1.54) is 22.3 Å². The second kappa shape index (κ2) is 8.93. The summed E-state index contributed by atoms with van der Waals surface area (Å²) in [5.41, 5.74) is 1.65. The number of hydrogen-bond donors (Lipinski definition) is 0. The molecule has 1 aliphatic rings. The van der Waals surface area contributed by atoms with Gasteiger partial charge in [-0.3, -0.25) is 14.6 Å². The number of ether oxygens (including phenoxy) is 1. The van der Waals surface area contributed by atoms with E-state index in [-0.39, 0.29) is 5.56 Å². The van der Waals surface area contributed by atoms with Crippen molar-refractivity contribution in [2.24, 2.45) is 0 Å². The molecule has 1 saturated heterocycles. The number of anilines is 1. The van der Waals surface area contributed by atoms with Gasteiger partial charge in [-0.05, 0) is 42.8 Å². The molecular formula is C21H20ClF2N3O2S. The van der Waals surface area contributed by atoms with Gasteiger partial charge in [0.1, 0.15) is 0 Å². The van der Waals surface area contributed by atoms with Crippen LogP contribution in [-0.2, 0) is 4.74 Å². The van der Waals surface area contributed by atoms with E-state index in [2.05, 4.69) is 9.88 Å². The Morgan fingerprint density at radius 3 is 2.73 bits per heavy atom. The Labute approximate surface area is 181 Å². The summed E-state index contributed by atoms with van der Waals surface area (Å²) in [5.74, 6) is -2.47. The summed E-state index contributed by atoms with van der Waals surface area (Å²) in [5, 5.41) is 1.10. The first-order valence-electron chi connectivity index (χ1n) is 9.56. The lowest BCUT2D eigenvalue weighted by Gasteiger charge is -2.29. The Balaban J connectivity index is 1.68. The molecule has 0 unspecified atom stereocenters. The average molecular weight is 452 g/mol. The number of carbonyl (C=O) groups is 1. The number of benzene rings is 2. The molecule has 5 nitrogen and oxygen atoms in total. The largest absolute Gasteiger partial charge is 0.379 e. The summed E-state index contributed by atoms with van der Waals surface area (Å²) in [6.45, 7) is 5.72. The molecule has 1 amide bonds. The van der Waals surface area contributed by atoms with Gasteiger partial charge >= 0.3 is 0 Å². The van der Waals surface area contributed by atoms with E-state index in [9.17, 15) is 13.6 Å². The molecule has 2 aromatic carbocycles. The zero-order chi connectivity index (χ0) is 21.3. The third-order valence-electron chi connectivity index (χ3n) is 5.12. The predicted octanol–water partition coefficient (Wildman–Crippen LogP) is 4.52. The number of morpholine rings is 1. The van der Waals surface area contributed by atoms with Gasteiger partial charge in [0.15, 0.2) is 16.8 Å². The van der Waals surface area contributed by atoms with Crippen LogP contribution in [0.3, 0.4) is 0 Å². The van der Waals surface area contributed by atoms with Crippen molar-refractivity contribution in [2.45, 2.75) is 6.92 Å². The van der Waals surface area contributed by atoms with Gasteiger partial charge in [0, 0.05) is 36.8 Å². The highest BCUT2D eigenvalue weighted by Crippen LogP contribution is 2.34. The molecule has 0 atom stereocenters. The monoisotopic (exact) mass is 451 g/mol. The summed E-state index contributed by atoms with van der Waals surface area (Å²) >= 11 is 7.59. The highest BCUT2D eigenvalue weighted by Gasteiger charge is 2.24. The lowest BCUT2D eigenvalue weighted by Crippen LogP contribution is -2.43. The molecule has 0 N–H and O–H groups in total. The third-order valence-corrected chi connectivity index (χ3v) is 6.58. The van der Waals surface area contributed by atoms with E-state index in [0.717, 1.165) is 41.0 Å². The number of hydrogen-bond acceptors (Lipinski definition) is 5. The van der Waals surface area contributed by atoms with Crippen molar-refractivity contribution in [3.8, 4) is 0 Å². The van der Waals surface area contributed by atoms with Crippen LogP contribution in [0.4, 0.5) is 13.9 Å². The molecule has 4 rings (SSSR count). The topological polar surface area (TPSA) is 45.7 Å². The maximum absolute atomic E-state index is 13.8. The van der Waals surface area contributed by atoms with Gasteiger partial charge in [-0.1, -0.05) is 22.9 Å². The lowest BCUT2D eigenvalue weighted by molar-refractivity contribution is 0.0391. The van der Waals surface area contributed by atoms with E-state index in [4.69, 9.17) is 16.3 Å². The summed E-state index contributed by atoms with van der Waals surface area (Å²) < 4.78 is 33.4. The standard InChI is InChI=1S/C21H20ClF2N3O2S/c1-13-15(22)3-5-18-19(13)25-21(30-18)27(7-6-26-8-10-29-11-9-26)20(28)14-2-4-16(23)17(24)12-14/h2-5,12H,6-11H2,1H3. The Morgan fingerprint density at radius 1 is 1.23 bits per heavy atom. The molecule has 30 heavy (non-hydrogen) atoms. The maximum atomic E-state index is 13.8. The second-order valence-electron chi connectivity index (χ2n) is 7.06. The number of nitrogens with zero attached hydrogens (tertiary/aromatic N) is 3. The van der Waals surface area contributed by atoms with Gasteiger partial charge in [-0.15, -0.1) is 0 Å². The number of thiazole rings is 1. The zero-order valence-electron chi connectivity index (χ0n) is 16.3. The molecule has 1 aromatic heterocycles.